The summed E-state index contributed by atoms with van der Waals surface area (Å²) in [5.74, 6) is 5.19. The minimum atomic E-state index is -1.35. The molecule has 2 rings (SSSR count). The molecule has 4 atom stereocenters. The minimum absolute atomic E-state index is 0.0862. The van der Waals surface area contributed by atoms with Crippen LogP contribution in [0.2, 0.25) is 19.6 Å². The molecule has 0 amide bonds. The van der Waals surface area contributed by atoms with E-state index in [1.54, 1.807) is 0 Å². The highest BCUT2D eigenvalue weighted by molar-refractivity contribution is 6.83. The molecular weight excluding hydrogens is 324 g/mol. The molecule has 2 nitrogen and oxygen atoms in total. The lowest BCUT2D eigenvalue weighted by atomic mass is 9.67. The van der Waals surface area contributed by atoms with Gasteiger partial charge in [-0.05, 0) is 49.7 Å². The number of aliphatic hydroxyl groups excluding tert-OH is 1. The Bertz CT molecular complexity index is 598. The molecule has 0 aromatic heterocycles. The molecule has 140 valence electrons. The number of allylic oxidation sites excluding steroid dienone is 1. The highest BCUT2D eigenvalue weighted by atomic mass is 28.3. The van der Waals surface area contributed by atoms with E-state index in [1.807, 2.05) is 6.08 Å². The highest BCUT2D eigenvalue weighted by Gasteiger charge is 2.47. The summed E-state index contributed by atoms with van der Waals surface area (Å²) in [7, 11) is -1.35. The van der Waals surface area contributed by atoms with E-state index in [2.05, 4.69) is 58.8 Å². The van der Waals surface area contributed by atoms with Gasteiger partial charge in [-0.1, -0.05) is 45.1 Å². The molecule has 2 aliphatic rings. The van der Waals surface area contributed by atoms with Crippen LogP contribution in [0.15, 0.2) is 22.8 Å². The monoisotopic (exact) mass is 360 g/mol. The number of hydrogen-bond donors (Lipinski definition) is 1. The Morgan fingerprint density at radius 3 is 2.60 bits per heavy atom. The third-order valence-electron chi connectivity index (χ3n) is 5.62. The summed E-state index contributed by atoms with van der Waals surface area (Å²) in [5, 5.41) is 9.36. The average molecular weight is 361 g/mol. The number of aliphatic hydroxyl groups is 1. The Morgan fingerprint density at radius 2 is 2.04 bits per heavy atom. The van der Waals surface area contributed by atoms with Gasteiger partial charge in [-0.3, -0.25) is 0 Å². The standard InChI is InChI=1S/C22H36O2Si/c1-15(2)18-11-10-16(3)20-19(9-8-14-25(5,6)7)24-22(21(18)20)17(4)12-13-23/h12,15,18-19,21-23H,9-11,13H2,1-7H3/b17-12+/t18-,19-,21-,22+/m1/s1. The van der Waals surface area contributed by atoms with Gasteiger partial charge in [-0.25, -0.2) is 0 Å². The lowest BCUT2D eigenvalue weighted by Gasteiger charge is -2.36. The number of ether oxygens (including phenoxy) is 1. The van der Waals surface area contributed by atoms with Gasteiger partial charge >= 0.3 is 0 Å². The molecule has 0 unspecified atom stereocenters. The predicted molar refractivity (Wildman–Crippen MR) is 109 cm³/mol. The molecule has 1 fully saturated rings. The normalized spacial score (nSPS) is 30.4. The molecule has 1 N–H and O–H groups in total. The molecule has 25 heavy (non-hydrogen) atoms. The van der Waals surface area contributed by atoms with Gasteiger partial charge in [0.1, 0.15) is 8.07 Å². The Hall–Kier alpha value is -0.823. The van der Waals surface area contributed by atoms with Gasteiger partial charge in [0.15, 0.2) is 0 Å². The molecule has 0 aromatic rings. The van der Waals surface area contributed by atoms with Crippen LogP contribution >= 0.6 is 0 Å². The van der Waals surface area contributed by atoms with Crippen LogP contribution in [-0.2, 0) is 4.74 Å². The summed E-state index contributed by atoms with van der Waals surface area (Å²) >= 11 is 0. The predicted octanol–water partition coefficient (Wildman–Crippen LogP) is 4.96. The van der Waals surface area contributed by atoms with Crippen LogP contribution in [0.5, 0.6) is 0 Å². The van der Waals surface area contributed by atoms with Gasteiger partial charge in [0.25, 0.3) is 0 Å². The average Bonchev–Trinajstić information content (AvgIpc) is 2.87. The van der Waals surface area contributed by atoms with E-state index in [9.17, 15) is 5.11 Å². The molecule has 0 radical (unpaired) electrons. The zero-order chi connectivity index (χ0) is 18.8. The Kier molecular flexibility index (Phi) is 6.76. The topological polar surface area (TPSA) is 29.5 Å². The van der Waals surface area contributed by atoms with Crippen LogP contribution in [0.1, 0.15) is 47.0 Å². The van der Waals surface area contributed by atoms with Crippen LogP contribution in [0.4, 0.5) is 0 Å². The van der Waals surface area contributed by atoms with E-state index in [1.165, 1.54) is 29.6 Å². The van der Waals surface area contributed by atoms with Gasteiger partial charge in [0, 0.05) is 12.3 Å². The first-order valence-electron chi connectivity index (χ1n) is 9.78. The van der Waals surface area contributed by atoms with E-state index in [0.717, 1.165) is 6.42 Å². The van der Waals surface area contributed by atoms with E-state index < -0.39 is 8.07 Å². The number of hydrogen-bond acceptors (Lipinski definition) is 2. The van der Waals surface area contributed by atoms with Crippen molar-refractivity contribution in [2.24, 2.45) is 17.8 Å². The second kappa shape index (κ2) is 8.25. The first-order chi connectivity index (χ1) is 11.7. The lowest BCUT2D eigenvalue weighted by molar-refractivity contribution is 0.0481. The van der Waals surface area contributed by atoms with Crippen LogP contribution < -0.4 is 0 Å². The van der Waals surface area contributed by atoms with Crippen LogP contribution in [0.25, 0.3) is 0 Å². The van der Waals surface area contributed by atoms with E-state index in [4.69, 9.17) is 4.74 Å². The van der Waals surface area contributed by atoms with Gasteiger partial charge in [0.2, 0.25) is 0 Å². The van der Waals surface area contributed by atoms with Crippen molar-refractivity contribution >= 4 is 8.07 Å². The van der Waals surface area contributed by atoms with Crippen LogP contribution in [0.3, 0.4) is 0 Å². The van der Waals surface area contributed by atoms with Crippen molar-refractivity contribution in [1.82, 2.24) is 0 Å². The zero-order valence-corrected chi connectivity index (χ0v) is 18.1. The first kappa shape index (κ1) is 20.5. The fraction of sp³-hybridized carbons (Fsp3) is 0.727. The van der Waals surface area contributed by atoms with E-state index in [-0.39, 0.29) is 18.8 Å². The minimum Gasteiger partial charge on any atom is -0.392 e. The van der Waals surface area contributed by atoms with Gasteiger partial charge in [0.05, 0.1) is 18.8 Å². The second-order valence-corrected chi connectivity index (χ2v) is 13.9. The molecule has 0 aromatic carbocycles. The van der Waals surface area contributed by atoms with Crippen molar-refractivity contribution in [2.45, 2.75) is 78.8 Å². The van der Waals surface area contributed by atoms with Crippen LogP contribution in [0, 0.1) is 29.2 Å². The lowest BCUT2D eigenvalue weighted by Crippen LogP contribution is -2.32. The Morgan fingerprint density at radius 1 is 1.36 bits per heavy atom. The van der Waals surface area contributed by atoms with Crippen molar-refractivity contribution in [2.75, 3.05) is 6.61 Å². The van der Waals surface area contributed by atoms with E-state index in [0.29, 0.717) is 17.8 Å². The zero-order valence-electron chi connectivity index (χ0n) is 17.1. The maximum atomic E-state index is 9.36. The molecule has 1 heterocycles. The maximum Gasteiger partial charge on any atom is 0.129 e. The SMILES string of the molecule is CC1=C2[C@@H]([C@@H](C(C)C)CC1)[C@H](/C(C)=C/CO)O[C@@H]2CC#C[Si](C)(C)C. The fourth-order valence-corrected chi connectivity index (χ4v) is 5.03. The summed E-state index contributed by atoms with van der Waals surface area (Å²) in [4.78, 5) is 0. The van der Waals surface area contributed by atoms with Gasteiger partial charge in [-0.15, -0.1) is 11.5 Å². The van der Waals surface area contributed by atoms with Crippen molar-refractivity contribution in [1.29, 1.82) is 0 Å². The molecular formula is C22H36O2Si. The molecule has 0 spiro atoms. The summed E-state index contributed by atoms with van der Waals surface area (Å²) in [6, 6.07) is 0. The Labute approximate surface area is 155 Å². The summed E-state index contributed by atoms with van der Waals surface area (Å²) < 4.78 is 6.56. The summed E-state index contributed by atoms with van der Waals surface area (Å²) in [6.45, 7) is 16.0. The maximum absolute atomic E-state index is 9.36. The third kappa shape index (κ3) is 4.87. The quantitative estimate of drug-likeness (QED) is 0.436. The van der Waals surface area contributed by atoms with Gasteiger partial charge < -0.3 is 9.84 Å². The van der Waals surface area contributed by atoms with Crippen molar-refractivity contribution < 1.29 is 9.84 Å². The van der Waals surface area contributed by atoms with Gasteiger partial charge in [-0.2, -0.15) is 0 Å². The highest BCUT2D eigenvalue weighted by Crippen LogP contribution is 2.50. The second-order valence-electron chi connectivity index (χ2n) is 9.14. The summed E-state index contributed by atoms with van der Waals surface area (Å²) in [5.41, 5.74) is 7.70. The third-order valence-corrected chi connectivity index (χ3v) is 6.55. The fourth-order valence-electron chi connectivity index (χ4n) is 4.40. The van der Waals surface area contributed by atoms with Crippen molar-refractivity contribution in [3.05, 3.63) is 22.8 Å². The summed E-state index contributed by atoms with van der Waals surface area (Å²) in [6.07, 6.45) is 5.38. The first-order valence-corrected chi connectivity index (χ1v) is 13.3. The molecule has 1 aliphatic carbocycles. The van der Waals surface area contributed by atoms with E-state index >= 15 is 0 Å². The Balaban J connectivity index is 2.37. The van der Waals surface area contributed by atoms with Crippen LogP contribution in [-0.4, -0.2) is 32.0 Å². The van der Waals surface area contributed by atoms with Crippen molar-refractivity contribution in [3.63, 3.8) is 0 Å². The number of fused-ring (bicyclic) bond motifs is 1. The molecule has 1 aliphatic heterocycles. The molecule has 3 heteroatoms. The largest absolute Gasteiger partial charge is 0.392 e. The molecule has 0 bridgehead atoms. The number of rotatable bonds is 4. The molecule has 1 saturated heterocycles. The molecule has 0 saturated carbocycles. The van der Waals surface area contributed by atoms with Crippen molar-refractivity contribution in [3.8, 4) is 11.5 Å². The smallest absolute Gasteiger partial charge is 0.129 e.